The predicted molar refractivity (Wildman–Crippen MR) is 136 cm³/mol. The average Bonchev–Trinajstić information content (AvgIpc) is 3.20. The largest absolute Gasteiger partial charge is 0.497 e. The Morgan fingerprint density at radius 2 is 1.66 bits per heavy atom. The molecule has 0 aliphatic rings. The molecule has 4 aromatic rings. The molecule has 174 valence electrons. The molecule has 1 aromatic heterocycles. The van der Waals surface area contributed by atoms with Gasteiger partial charge in [0, 0.05) is 11.8 Å². The standard InChI is InChI=1S/C27H21N3O4S/c1-33-21-12-6-8-18(14-21)15-24-26(32)30(20-10-4-3-5-11-20)27(35-24)23(17-28)25(31)29-19-9-7-13-22(16-19)34-2/h3-16H,1-2H3,(H,29,31)/b24-15+,27-23-. The van der Waals surface area contributed by atoms with Gasteiger partial charge < -0.3 is 14.8 Å². The lowest BCUT2D eigenvalue weighted by molar-refractivity contribution is -0.111. The minimum atomic E-state index is -0.625. The number of amides is 1. The van der Waals surface area contributed by atoms with Crippen LogP contribution < -0.4 is 29.5 Å². The summed E-state index contributed by atoms with van der Waals surface area (Å²) in [4.78, 5) is 26.6. The van der Waals surface area contributed by atoms with Crippen LogP contribution in [0.15, 0.2) is 83.7 Å². The zero-order chi connectivity index (χ0) is 24.8. The van der Waals surface area contributed by atoms with Crippen molar-refractivity contribution >= 4 is 34.6 Å². The van der Waals surface area contributed by atoms with Crippen molar-refractivity contribution in [3.05, 3.63) is 104 Å². The van der Waals surface area contributed by atoms with Crippen LogP contribution in [0.3, 0.4) is 0 Å². The normalized spacial score (nSPS) is 12.0. The topological polar surface area (TPSA) is 93.3 Å². The second-order valence-corrected chi connectivity index (χ2v) is 8.37. The first kappa shape index (κ1) is 23.5. The van der Waals surface area contributed by atoms with Crippen LogP contribution in [0.2, 0.25) is 0 Å². The van der Waals surface area contributed by atoms with Crippen molar-refractivity contribution in [2.75, 3.05) is 19.5 Å². The van der Waals surface area contributed by atoms with E-state index in [0.717, 1.165) is 16.9 Å². The molecule has 0 aliphatic carbocycles. The third kappa shape index (κ3) is 5.16. The summed E-state index contributed by atoms with van der Waals surface area (Å²) in [5.74, 6) is 0.592. The van der Waals surface area contributed by atoms with Gasteiger partial charge in [-0.1, -0.05) is 36.4 Å². The molecular formula is C27H21N3O4S. The number of hydrogen-bond donors (Lipinski definition) is 1. The quantitative estimate of drug-likeness (QED) is 0.455. The number of nitriles is 1. The number of para-hydroxylation sites is 1. The molecule has 8 heteroatoms. The molecule has 1 amide bonds. The number of benzene rings is 3. The van der Waals surface area contributed by atoms with Crippen molar-refractivity contribution in [3.63, 3.8) is 0 Å². The summed E-state index contributed by atoms with van der Waals surface area (Å²) >= 11 is 1.08. The lowest BCUT2D eigenvalue weighted by Crippen LogP contribution is -2.32. The molecule has 7 nitrogen and oxygen atoms in total. The zero-order valence-corrected chi connectivity index (χ0v) is 19.8. The Bertz CT molecular complexity index is 1600. The van der Waals surface area contributed by atoms with Crippen LogP contribution in [0.4, 0.5) is 5.69 Å². The highest BCUT2D eigenvalue weighted by Gasteiger charge is 2.17. The molecule has 0 saturated carbocycles. The fourth-order valence-electron chi connectivity index (χ4n) is 3.43. The molecule has 0 saturated heterocycles. The highest BCUT2D eigenvalue weighted by molar-refractivity contribution is 7.07. The number of hydrogen-bond acceptors (Lipinski definition) is 6. The number of methoxy groups -OCH3 is 2. The van der Waals surface area contributed by atoms with Gasteiger partial charge in [0.15, 0.2) is 5.57 Å². The smallest absolute Gasteiger partial charge is 0.273 e. The molecule has 0 aliphatic heterocycles. The van der Waals surface area contributed by atoms with E-state index in [1.807, 2.05) is 30.3 Å². The van der Waals surface area contributed by atoms with Gasteiger partial charge in [-0.2, -0.15) is 5.26 Å². The number of aromatic nitrogens is 1. The molecule has 0 radical (unpaired) electrons. The van der Waals surface area contributed by atoms with Crippen molar-refractivity contribution < 1.29 is 14.3 Å². The lowest BCUT2D eigenvalue weighted by atomic mass is 10.2. The summed E-state index contributed by atoms with van der Waals surface area (Å²) in [7, 11) is 3.10. The molecule has 0 unspecified atom stereocenters. The van der Waals surface area contributed by atoms with E-state index in [2.05, 4.69) is 5.32 Å². The maximum Gasteiger partial charge on any atom is 0.273 e. The summed E-state index contributed by atoms with van der Waals surface area (Å²) in [6, 6.07) is 25.0. The van der Waals surface area contributed by atoms with E-state index in [1.54, 1.807) is 67.8 Å². The molecule has 0 bridgehead atoms. The number of anilines is 1. The van der Waals surface area contributed by atoms with Crippen LogP contribution in [0.1, 0.15) is 5.56 Å². The predicted octanol–water partition coefficient (Wildman–Crippen LogP) is 3.06. The Labute approximate surface area is 205 Å². The molecule has 35 heavy (non-hydrogen) atoms. The Morgan fingerprint density at radius 3 is 2.34 bits per heavy atom. The van der Waals surface area contributed by atoms with Crippen molar-refractivity contribution in [3.8, 4) is 23.3 Å². The molecular weight excluding hydrogens is 462 g/mol. The number of nitrogens with zero attached hydrogens (tertiary/aromatic N) is 2. The highest BCUT2D eigenvalue weighted by Crippen LogP contribution is 2.17. The highest BCUT2D eigenvalue weighted by atomic mass is 32.1. The van der Waals surface area contributed by atoms with Crippen molar-refractivity contribution in [2.24, 2.45) is 0 Å². The van der Waals surface area contributed by atoms with E-state index in [9.17, 15) is 14.9 Å². The molecule has 0 spiro atoms. The Kier molecular flexibility index (Phi) is 7.10. The van der Waals surface area contributed by atoms with Gasteiger partial charge in [-0.05, 0) is 48.0 Å². The lowest BCUT2D eigenvalue weighted by Gasteiger charge is -2.07. The number of nitrogens with one attached hydrogen (secondary N) is 1. The minimum absolute atomic E-state index is 0.177. The van der Waals surface area contributed by atoms with Crippen LogP contribution in [0, 0.1) is 11.3 Å². The van der Waals surface area contributed by atoms with Crippen molar-refractivity contribution in [2.45, 2.75) is 0 Å². The summed E-state index contributed by atoms with van der Waals surface area (Å²) in [6.45, 7) is 0. The molecule has 0 fully saturated rings. The monoisotopic (exact) mass is 483 g/mol. The van der Waals surface area contributed by atoms with Gasteiger partial charge in [0.2, 0.25) is 0 Å². The van der Waals surface area contributed by atoms with E-state index in [4.69, 9.17) is 9.47 Å². The maximum absolute atomic E-state index is 13.5. The number of ether oxygens (including phenoxy) is 2. The fourth-order valence-corrected chi connectivity index (χ4v) is 4.54. The van der Waals surface area contributed by atoms with E-state index in [-0.39, 0.29) is 15.8 Å². The maximum atomic E-state index is 13.5. The van der Waals surface area contributed by atoms with Crippen LogP contribution in [0.25, 0.3) is 17.3 Å². The van der Waals surface area contributed by atoms with Gasteiger partial charge in [0.25, 0.3) is 11.5 Å². The Morgan fingerprint density at radius 1 is 0.971 bits per heavy atom. The first-order chi connectivity index (χ1) is 17.0. The second kappa shape index (κ2) is 10.5. The van der Waals surface area contributed by atoms with Gasteiger partial charge in [-0.15, -0.1) is 11.3 Å². The summed E-state index contributed by atoms with van der Waals surface area (Å²) < 4.78 is 12.5. The SMILES string of the molecule is COc1cccc(/C=c2/s/c(=C(/C#N)C(=O)Nc3cccc(OC)c3)n(-c3ccccc3)c2=O)c1. The van der Waals surface area contributed by atoms with Crippen LogP contribution in [-0.4, -0.2) is 24.7 Å². The zero-order valence-electron chi connectivity index (χ0n) is 19.0. The van der Waals surface area contributed by atoms with E-state index in [1.165, 1.54) is 11.7 Å². The Hall–Kier alpha value is -4.61. The Balaban J connectivity index is 1.92. The van der Waals surface area contributed by atoms with Gasteiger partial charge in [-0.25, -0.2) is 0 Å². The van der Waals surface area contributed by atoms with Gasteiger partial charge in [0.1, 0.15) is 22.2 Å². The van der Waals surface area contributed by atoms with Crippen LogP contribution in [0.5, 0.6) is 11.5 Å². The number of carbonyl (C=O) groups excluding carboxylic acids is 1. The molecule has 1 N–H and O–H groups in total. The second-order valence-electron chi connectivity index (χ2n) is 7.34. The first-order valence-electron chi connectivity index (χ1n) is 10.6. The third-order valence-electron chi connectivity index (χ3n) is 5.11. The molecule has 0 atom stereocenters. The van der Waals surface area contributed by atoms with Crippen LogP contribution in [-0.2, 0) is 4.79 Å². The number of thiazole rings is 1. The minimum Gasteiger partial charge on any atom is -0.497 e. The molecule has 4 rings (SSSR count). The van der Waals surface area contributed by atoms with Gasteiger partial charge >= 0.3 is 0 Å². The average molecular weight is 484 g/mol. The van der Waals surface area contributed by atoms with Crippen molar-refractivity contribution in [1.82, 2.24) is 4.57 Å². The van der Waals surface area contributed by atoms with Crippen molar-refractivity contribution in [1.29, 1.82) is 5.26 Å². The van der Waals surface area contributed by atoms with Crippen LogP contribution >= 0.6 is 11.3 Å². The van der Waals surface area contributed by atoms with E-state index >= 15 is 0 Å². The number of carbonyl (C=O) groups is 1. The summed E-state index contributed by atoms with van der Waals surface area (Å²) in [5, 5.41) is 12.7. The van der Waals surface area contributed by atoms with E-state index in [0.29, 0.717) is 27.4 Å². The van der Waals surface area contributed by atoms with Gasteiger partial charge in [0.05, 0.1) is 24.4 Å². The fraction of sp³-hybridized carbons (Fsp3) is 0.0741. The molecule has 3 aromatic carbocycles. The summed E-state index contributed by atoms with van der Waals surface area (Å²) in [6.07, 6.45) is 1.72. The number of rotatable bonds is 6. The van der Waals surface area contributed by atoms with E-state index < -0.39 is 5.91 Å². The third-order valence-corrected chi connectivity index (χ3v) is 6.20. The molecule has 1 heterocycles. The summed E-state index contributed by atoms with van der Waals surface area (Å²) in [5.41, 5.74) is 1.27. The first-order valence-corrected chi connectivity index (χ1v) is 11.4. The van der Waals surface area contributed by atoms with Gasteiger partial charge in [-0.3, -0.25) is 14.2 Å².